The van der Waals surface area contributed by atoms with Crippen LogP contribution in [0.15, 0.2) is 12.2 Å². The molecule has 0 amide bonds. The molecule has 1 unspecified atom stereocenters. The zero-order valence-corrected chi connectivity index (χ0v) is 6.20. The van der Waals surface area contributed by atoms with E-state index in [2.05, 4.69) is 27.4 Å². The minimum absolute atomic E-state index is 0.826. The van der Waals surface area contributed by atoms with Gasteiger partial charge in [0, 0.05) is 0 Å². The Kier molecular flexibility index (Phi) is 3.59. The summed E-state index contributed by atoms with van der Waals surface area (Å²) in [7, 11) is 0. The van der Waals surface area contributed by atoms with Crippen LogP contribution in [0, 0.1) is 5.92 Å². The van der Waals surface area contributed by atoms with Crippen molar-refractivity contribution >= 4 is 0 Å². The first-order valence-corrected chi connectivity index (χ1v) is 3.31. The first-order valence-electron chi connectivity index (χ1n) is 3.31. The molecule has 0 fully saturated rings. The molecule has 0 heteroatoms. The predicted octanol–water partition coefficient (Wildman–Crippen LogP) is 3.00. The monoisotopic (exact) mass is 112 g/mol. The Hall–Kier alpha value is -0.260. The first kappa shape index (κ1) is 7.74. The molecule has 0 saturated heterocycles. The lowest BCUT2D eigenvalue weighted by atomic mass is 10.0. The lowest BCUT2D eigenvalue weighted by Gasteiger charge is -2.05. The maximum absolute atomic E-state index is 3.84. The second-order valence-electron chi connectivity index (χ2n) is 2.67. The summed E-state index contributed by atoms with van der Waals surface area (Å²) in [5.74, 6) is 0.826. The molecule has 0 aromatic carbocycles. The highest BCUT2D eigenvalue weighted by atomic mass is 14.0. The molecule has 0 radical (unpaired) electrons. The topological polar surface area (TPSA) is 0 Å². The van der Waals surface area contributed by atoms with Gasteiger partial charge in [-0.1, -0.05) is 25.8 Å². The zero-order chi connectivity index (χ0) is 6.57. The number of hydrogen-bond acceptors (Lipinski definition) is 0. The normalized spacial score (nSPS) is 13.4. The van der Waals surface area contributed by atoms with Gasteiger partial charge in [-0.15, -0.1) is 6.58 Å². The van der Waals surface area contributed by atoms with Gasteiger partial charge in [0.2, 0.25) is 0 Å². The van der Waals surface area contributed by atoms with Crippen LogP contribution in [0.4, 0.5) is 0 Å². The molecule has 0 aliphatic heterocycles. The van der Waals surface area contributed by atoms with Crippen molar-refractivity contribution in [2.75, 3.05) is 0 Å². The van der Waals surface area contributed by atoms with Crippen molar-refractivity contribution in [2.24, 2.45) is 5.92 Å². The van der Waals surface area contributed by atoms with E-state index >= 15 is 0 Å². The highest BCUT2D eigenvalue weighted by Crippen LogP contribution is 2.11. The summed E-state index contributed by atoms with van der Waals surface area (Å²) >= 11 is 0. The second kappa shape index (κ2) is 3.71. The van der Waals surface area contributed by atoms with E-state index in [4.69, 9.17) is 0 Å². The third-order valence-corrected chi connectivity index (χ3v) is 1.39. The van der Waals surface area contributed by atoms with Crippen LogP contribution in [0.2, 0.25) is 0 Å². The third kappa shape index (κ3) is 3.91. The summed E-state index contributed by atoms with van der Waals surface area (Å²) in [5.41, 5.74) is 1.30. The largest absolute Gasteiger partial charge is 0.100 e. The maximum Gasteiger partial charge on any atom is -0.0300 e. The molecular formula is C8H16. The molecule has 0 rings (SSSR count). The molecule has 1 atom stereocenters. The molecule has 8 heavy (non-hydrogen) atoms. The van der Waals surface area contributed by atoms with Gasteiger partial charge in [0.25, 0.3) is 0 Å². The van der Waals surface area contributed by atoms with Gasteiger partial charge in [-0.2, -0.15) is 0 Å². The smallest absolute Gasteiger partial charge is 0.0300 e. The highest BCUT2D eigenvalue weighted by Gasteiger charge is 1.95. The molecule has 0 aliphatic carbocycles. The average Bonchev–Trinajstić information content (AvgIpc) is 1.65. The lowest BCUT2D eigenvalue weighted by molar-refractivity contribution is 0.558. The Balaban J connectivity index is 3.24. The van der Waals surface area contributed by atoms with E-state index in [9.17, 15) is 0 Å². The zero-order valence-electron chi connectivity index (χ0n) is 6.20. The summed E-state index contributed by atoms with van der Waals surface area (Å²) in [4.78, 5) is 0. The summed E-state index contributed by atoms with van der Waals surface area (Å²) in [6, 6.07) is 0. The summed E-state index contributed by atoms with van der Waals surface area (Å²) in [6.45, 7) is 10.4. The van der Waals surface area contributed by atoms with E-state index in [1.165, 1.54) is 18.4 Å². The van der Waals surface area contributed by atoms with E-state index in [1.807, 2.05) is 0 Å². The van der Waals surface area contributed by atoms with Crippen LogP contribution < -0.4 is 0 Å². The van der Waals surface area contributed by atoms with Crippen molar-refractivity contribution in [1.82, 2.24) is 0 Å². The Morgan fingerprint density at radius 3 is 2.25 bits per heavy atom. The van der Waals surface area contributed by atoms with Gasteiger partial charge in [0.05, 0.1) is 0 Å². The summed E-state index contributed by atoms with van der Waals surface area (Å²) < 4.78 is 0. The number of hydrogen-bond donors (Lipinski definition) is 0. The van der Waals surface area contributed by atoms with E-state index in [1.54, 1.807) is 0 Å². The third-order valence-electron chi connectivity index (χ3n) is 1.39. The van der Waals surface area contributed by atoms with Crippen molar-refractivity contribution in [1.29, 1.82) is 0 Å². The standard InChI is InChI=1S/C8H16/c1-5-8(4)6-7(2)3/h8H,2,5-6H2,1,3-4H3. The second-order valence-corrected chi connectivity index (χ2v) is 2.67. The van der Waals surface area contributed by atoms with Gasteiger partial charge in [-0.25, -0.2) is 0 Å². The fourth-order valence-corrected chi connectivity index (χ4v) is 0.739. The molecule has 0 heterocycles. The van der Waals surface area contributed by atoms with Gasteiger partial charge in [0.1, 0.15) is 0 Å². The molecule has 0 nitrogen and oxygen atoms in total. The molecule has 0 N–H and O–H groups in total. The van der Waals surface area contributed by atoms with Crippen LogP contribution in [0.25, 0.3) is 0 Å². The van der Waals surface area contributed by atoms with Crippen LogP contribution in [-0.4, -0.2) is 0 Å². The molecule has 0 aromatic heterocycles. The van der Waals surface area contributed by atoms with Crippen molar-refractivity contribution in [3.8, 4) is 0 Å². The van der Waals surface area contributed by atoms with E-state index in [0.717, 1.165) is 5.92 Å². The van der Waals surface area contributed by atoms with Crippen molar-refractivity contribution in [3.63, 3.8) is 0 Å². The minimum atomic E-state index is 0.826. The molecule has 0 aromatic rings. The molecular weight excluding hydrogens is 96.1 g/mol. The number of rotatable bonds is 3. The van der Waals surface area contributed by atoms with Gasteiger partial charge in [0.15, 0.2) is 0 Å². The summed E-state index contributed by atoms with van der Waals surface area (Å²) in [6.07, 6.45) is 2.46. The Morgan fingerprint density at radius 2 is 2.12 bits per heavy atom. The minimum Gasteiger partial charge on any atom is -0.100 e. The predicted molar refractivity (Wildman–Crippen MR) is 38.9 cm³/mol. The molecule has 0 bridgehead atoms. The van der Waals surface area contributed by atoms with Gasteiger partial charge in [-0.05, 0) is 19.3 Å². The Labute approximate surface area is 52.6 Å². The Morgan fingerprint density at radius 1 is 1.62 bits per heavy atom. The quantitative estimate of drug-likeness (QED) is 0.492. The van der Waals surface area contributed by atoms with Crippen LogP contribution in [0.1, 0.15) is 33.6 Å². The highest BCUT2D eigenvalue weighted by molar-refractivity contribution is 4.88. The summed E-state index contributed by atoms with van der Waals surface area (Å²) in [5, 5.41) is 0. The molecule has 0 spiro atoms. The van der Waals surface area contributed by atoms with Gasteiger partial charge < -0.3 is 0 Å². The van der Waals surface area contributed by atoms with Crippen LogP contribution in [-0.2, 0) is 0 Å². The Bertz CT molecular complexity index is 72.1. The van der Waals surface area contributed by atoms with Crippen molar-refractivity contribution < 1.29 is 0 Å². The maximum atomic E-state index is 3.84. The van der Waals surface area contributed by atoms with E-state index in [-0.39, 0.29) is 0 Å². The van der Waals surface area contributed by atoms with Gasteiger partial charge >= 0.3 is 0 Å². The first-order chi connectivity index (χ1) is 3.66. The molecule has 48 valence electrons. The fourth-order valence-electron chi connectivity index (χ4n) is 0.739. The van der Waals surface area contributed by atoms with E-state index in [0.29, 0.717) is 0 Å². The van der Waals surface area contributed by atoms with Crippen molar-refractivity contribution in [3.05, 3.63) is 12.2 Å². The van der Waals surface area contributed by atoms with Crippen molar-refractivity contribution in [2.45, 2.75) is 33.6 Å². The van der Waals surface area contributed by atoms with E-state index < -0.39 is 0 Å². The van der Waals surface area contributed by atoms with Crippen LogP contribution >= 0.6 is 0 Å². The van der Waals surface area contributed by atoms with Crippen LogP contribution in [0.5, 0.6) is 0 Å². The molecule has 0 aliphatic rings. The van der Waals surface area contributed by atoms with Gasteiger partial charge in [-0.3, -0.25) is 0 Å². The SMILES string of the molecule is C=C(C)CC(C)CC. The molecule has 0 saturated carbocycles. The van der Waals surface area contributed by atoms with Crippen LogP contribution in [0.3, 0.4) is 0 Å². The average molecular weight is 112 g/mol. The number of allylic oxidation sites excluding steroid dienone is 1. The fraction of sp³-hybridized carbons (Fsp3) is 0.750. The lowest BCUT2D eigenvalue weighted by Crippen LogP contribution is -1.90.